The Morgan fingerprint density at radius 3 is 2.61 bits per heavy atom. The van der Waals surface area contributed by atoms with Crippen LogP contribution in [0.4, 0.5) is 5.82 Å². The quantitative estimate of drug-likeness (QED) is 0.817. The number of hydrogen-bond acceptors (Lipinski definition) is 5. The van der Waals surface area contributed by atoms with Crippen molar-refractivity contribution in [2.75, 3.05) is 18.0 Å². The highest BCUT2D eigenvalue weighted by Gasteiger charge is 2.29. The molecule has 1 saturated heterocycles. The predicted octanol–water partition coefficient (Wildman–Crippen LogP) is 4.29. The molecule has 1 aromatic carbocycles. The zero-order valence-corrected chi connectivity index (χ0v) is 17.0. The molecule has 1 amide bonds. The first-order valence-electron chi connectivity index (χ1n) is 10.4. The summed E-state index contributed by atoms with van der Waals surface area (Å²) < 4.78 is 0. The number of carbonyl (C=O) groups excluding carboxylic acids is 1. The number of piperidine rings is 1. The minimum atomic E-state index is 0.0345. The van der Waals surface area contributed by atoms with Gasteiger partial charge in [0.25, 0.3) is 0 Å². The zero-order chi connectivity index (χ0) is 19.2. The maximum absolute atomic E-state index is 12.8. The Bertz CT molecular complexity index is 779. The molecule has 2 fully saturated rings. The third-order valence-electron chi connectivity index (χ3n) is 5.65. The van der Waals surface area contributed by atoms with E-state index in [1.807, 2.05) is 18.2 Å². The normalized spacial score (nSPS) is 20.7. The van der Waals surface area contributed by atoms with E-state index in [-0.39, 0.29) is 11.8 Å². The lowest BCUT2D eigenvalue weighted by atomic mass is 9.93. The second kappa shape index (κ2) is 9.41. The van der Waals surface area contributed by atoms with E-state index in [1.54, 1.807) is 24.2 Å². The summed E-state index contributed by atoms with van der Waals surface area (Å²) >= 11 is 1.63. The zero-order valence-electron chi connectivity index (χ0n) is 16.2. The number of carbonyl (C=O) groups is 1. The van der Waals surface area contributed by atoms with E-state index in [4.69, 9.17) is 0 Å². The number of anilines is 1. The van der Waals surface area contributed by atoms with Gasteiger partial charge in [-0.1, -0.05) is 49.2 Å². The minimum absolute atomic E-state index is 0.0345. The second-order valence-electron chi connectivity index (χ2n) is 7.73. The van der Waals surface area contributed by atoms with Crippen molar-refractivity contribution in [3.05, 3.63) is 42.7 Å². The molecule has 148 valence electrons. The van der Waals surface area contributed by atoms with Gasteiger partial charge in [-0.15, -0.1) is 0 Å². The molecule has 0 spiro atoms. The molecule has 1 aromatic heterocycles. The Labute approximate surface area is 171 Å². The average molecular weight is 397 g/mol. The number of nitrogens with zero attached hydrogens (tertiary/aromatic N) is 3. The molecule has 1 atom stereocenters. The van der Waals surface area contributed by atoms with E-state index in [0.29, 0.717) is 6.04 Å². The molecular weight excluding hydrogens is 368 g/mol. The van der Waals surface area contributed by atoms with Crippen LogP contribution in [0.2, 0.25) is 0 Å². The van der Waals surface area contributed by atoms with Gasteiger partial charge in [0, 0.05) is 36.4 Å². The van der Waals surface area contributed by atoms with Gasteiger partial charge in [0.05, 0.1) is 5.92 Å². The van der Waals surface area contributed by atoms with Crippen LogP contribution in [0.3, 0.4) is 0 Å². The molecule has 0 radical (unpaired) electrons. The van der Waals surface area contributed by atoms with Gasteiger partial charge in [0.15, 0.2) is 5.82 Å². The Balaban J connectivity index is 1.43. The number of benzene rings is 1. The summed E-state index contributed by atoms with van der Waals surface area (Å²) in [4.78, 5) is 25.4. The summed E-state index contributed by atoms with van der Waals surface area (Å²) in [5.74, 6) is 1.15. The molecule has 1 N–H and O–H groups in total. The highest BCUT2D eigenvalue weighted by Crippen LogP contribution is 2.34. The summed E-state index contributed by atoms with van der Waals surface area (Å²) in [6.45, 7) is 1.65. The molecule has 1 aliphatic heterocycles. The van der Waals surface area contributed by atoms with Crippen LogP contribution in [0.5, 0.6) is 0 Å². The van der Waals surface area contributed by atoms with Crippen molar-refractivity contribution in [1.82, 2.24) is 15.3 Å². The van der Waals surface area contributed by atoms with E-state index in [2.05, 4.69) is 32.3 Å². The Hall–Kier alpha value is -2.08. The van der Waals surface area contributed by atoms with Crippen molar-refractivity contribution in [3.63, 3.8) is 0 Å². The van der Waals surface area contributed by atoms with Crippen molar-refractivity contribution in [3.8, 4) is 0 Å². The largest absolute Gasteiger partial charge is 0.354 e. The van der Waals surface area contributed by atoms with Gasteiger partial charge in [-0.05, 0) is 37.8 Å². The fourth-order valence-corrected chi connectivity index (χ4v) is 5.06. The lowest BCUT2D eigenvalue weighted by Crippen LogP contribution is -2.46. The third-order valence-corrected chi connectivity index (χ3v) is 6.64. The maximum atomic E-state index is 12.8. The lowest BCUT2D eigenvalue weighted by molar-refractivity contribution is -0.126. The van der Waals surface area contributed by atoms with Gasteiger partial charge in [0.1, 0.15) is 5.03 Å². The van der Waals surface area contributed by atoms with Crippen LogP contribution in [-0.2, 0) is 4.79 Å². The number of rotatable bonds is 5. The highest BCUT2D eigenvalue weighted by molar-refractivity contribution is 7.99. The second-order valence-corrected chi connectivity index (χ2v) is 8.79. The van der Waals surface area contributed by atoms with Gasteiger partial charge in [0.2, 0.25) is 5.91 Å². The fraction of sp³-hybridized carbons (Fsp3) is 0.500. The Morgan fingerprint density at radius 1 is 1.00 bits per heavy atom. The van der Waals surface area contributed by atoms with Gasteiger partial charge in [-0.25, -0.2) is 9.97 Å². The summed E-state index contributed by atoms with van der Waals surface area (Å²) in [5, 5.41) is 4.21. The summed E-state index contributed by atoms with van der Waals surface area (Å²) in [6.07, 6.45) is 11.5. The van der Waals surface area contributed by atoms with Crippen LogP contribution in [-0.4, -0.2) is 35.0 Å². The first-order chi connectivity index (χ1) is 13.8. The Morgan fingerprint density at radius 2 is 1.79 bits per heavy atom. The molecular formula is C22H28N4OS. The molecule has 5 nitrogen and oxygen atoms in total. The molecule has 6 heteroatoms. The number of amides is 1. The summed E-state index contributed by atoms with van der Waals surface area (Å²) in [6, 6.07) is 10.6. The van der Waals surface area contributed by atoms with E-state index in [9.17, 15) is 4.79 Å². The number of nitrogens with one attached hydrogen (secondary N) is 1. The molecule has 2 aromatic rings. The topological polar surface area (TPSA) is 58.1 Å². The van der Waals surface area contributed by atoms with Gasteiger partial charge in [-0.2, -0.15) is 0 Å². The molecule has 2 aliphatic rings. The third kappa shape index (κ3) is 4.85. The van der Waals surface area contributed by atoms with Crippen LogP contribution >= 0.6 is 11.8 Å². The summed E-state index contributed by atoms with van der Waals surface area (Å²) in [5.41, 5.74) is 0. The van der Waals surface area contributed by atoms with Gasteiger partial charge >= 0.3 is 0 Å². The van der Waals surface area contributed by atoms with Crippen molar-refractivity contribution < 1.29 is 4.79 Å². The standard InChI is InChI=1S/C22H28N4OS/c27-21(25-18-9-3-1-4-10-18)17-8-7-15-26(16-17)20-22(24-14-13-23-20)28-19-11-5-2-6-12-19/h2,5-6,11-14,17-18H,1,3-4,7-10,15-16H2,(H,25,27). The van der Waals surface area contributed by atoms with Crippen LogP contribution in [0, 0.1) is 5.92 Å². The first-order valence-corrected chi connectivity index (χ1v) is 11.2. The lowest BCUT2D eigenvalue weighted by Gasteiger charge is -2.34. The van der Waals surface area contributed by atoms with Crippen molar-refractivity contribution in [2.45, 2.75) is 60.9 Å². The fourth-order valence-electron chi connectivity index (χ4n) is 4.16. The summed E-state index contributed by atoms with van der Waals surface area (Å²) in [7, 11) is 0. The van der Waals surface area contributed by atoms with Crippen LogP contribution in [0.1, 0.15) is 44.9 Å². The molecule has 4 rings (SSSR count). The van der Waals surface area contributed by atoms with Crippen molar-refractivity contribution in [1.29, 1.82) is 0 Å². The van der Waals surface area contributed by atoms with Gasteiger partial charge in [-0.3, -0.25) is 4.79 Å². The SMILES string of the molecule is O=C(NC1CCCCC1)C1CCCN(c2nccnc2Sc2ccccc2)C1. The monoisotopic (exact) mass is 396 g/mol. The van der Waals surface area contributed by atoms with E-state index in [1.165, 1.54) is 19.3 Å². The van der Waals surface area contributed by atoms with Gasteiger partial charge < -0.3 is 10.2 Å². The molecule has 28 heavy (non-hydrogen) atoms. The van der Waals surface area contributed by atoms with E-state index < -0.39 is 0 Å². The number of hydrogen-bond donors (Lipinski definition) is 1. The first kappa shape index (κ1) is 19.2. The highest BCUT2D eigenvalue weighted by atomic mass is 32.2. The maximum Gasteiger partial charge on any atom is 0.225 e. The van der Waals surface area contributed by atoms with Crippen molar-refractivity contribution >= 4 is 23.5 Å². The average Bonchev–Trinajstić information content (AvgIpc) is 2.76. The van der Waals surface area contributed by atoms with E-state index in [0.717, 1.165) is 54.5 Å². The van der Waals surface area contributed by atoms with Crippen LogP contribution in [0.25, 0.3) is 0 Å². The molecule has 2 heterocycles. The molecule has 1 saturated carbocycles. The molecule has 0 bridgehead atoms. The molecule has 1 aliphatic carbocycles. The minimum Gasteiger partial charge on any atom is -0.354 e. The van der Waals surface area contributed by atoms with E-state index >= 15 is 0 Å². The Kier molecular flexibility index (Phi) is 6.47. The van der Waals surface area contributed by atoms with Crippen LogP contribution in [0.15, 0.2) is 52.6 Å². The molecule has 1 unspecified atom stereocenters. The smallest absolute Gasteiger partial charge is 0.225 e. The predicted molar refractivity (Wildman–Crippen MR) is 113 cm³/mol. The van der Waals surface area contributed by atoms with Crippen molar-refractivity contribution in [2.24, 2.45) is 5.92 Å². The van der Waals surface area contributed by atoms with Crippen LogP contribution < -0.4 is 10.2 Å². The number of aromatic nitrogens is 2.